The largest absolute Gasteiger partial charge is 0.506 e. The van der Waals surface area contributed by atoms with Crippen LogP contribution in [-0.2, 0) is 0 Å². The summed E-state index contributed by atoms with van der Waals surface area (Å²) in [6.45, 7) is 0. The molecular weight excluding hydrogens is 208 g/mol. The van der Waals surface area contributed by atoms with Crippen molar-refractivity contribution in [2.45, 2.75) is 0 Å². The van der Waals surface area contributed by atoms with Gasteiger partial charge in [-0.1, -0.05) is 15.9 Å². The first-order valence-corrected chi connectivity index (χ1v) is 3.88. The second-order valence-corrected chi connectivity index (χ2v) is 3.17. The Morgan fingerprint density at radius 3 is 3.09 bits per heavy atom. The molecule has 0 spiro atoms. The fourth-order valence-electron chi connectivity index (χ4n) is 1.00. The van der Waals surface area contributed by atoms with Gasteiger partial charge in [-0.05, 0) is 12.1 Å². The molecule has 0 saturated heterocycles. The molecule has 0 aliphatic rings. The molecule has 2 N–H and O–H groups in total. The van der Waals surface area contributed by atoms with Crippen molar-refractivity contribution in [3.8, 4) is 5.75 Å². The normalized spacial score (nSPS) is 10.6. The zero-order valence-electron chi connectivity index (χ0n) is 5.50. The number of aromatic amines is 1. The van der Waals surface area contributed by atoms with Crippen molar-refractivity contribution in [3.05, 3.63) is 22.8 Å². The highest BCUT2D eigenvalue weighted by molar-refractivity contribution is 9.10. The quantitative estimate of drug-likeness (QED) is 0.703. The number of phenolic OH excluding ortho intramolecular Hbond substituents is 1. The molecular formula is C7H5BrN2O. The minimum absolute atomic E-state index is 0.215. The maximum atomic E-state index is 9.34. The maximum absolute atomic E-state index is 9.34. The van der Waals surface area contributed by atoms with Crippen LogP contribution in [0.4, 0.5) is 0 Å². The third-order valence-electron chi connectivity index (χ3n) is 1.49. The summed E-state index contributed by atoms with van der Waals surface area (Å²) in [5, 5.41) is 16.7. The van der Waals surface area contributed by atoms with Crippen LogP contribution in [0.1, 0.15) is 0 Å². The topological polar surface area (TPSA) is 48.9 Å². The van der Waals surface area contributed by atoms with Crippen LogP contribution in [0.2, 0.25) is 0 Å². The lowest BCUT2D eigenvalue weighted by Crippen LogP contribution is -1.71. The molecule has 1 aromatic heterocycles. The molecule has 0 aliphatic heterocycles. The van der Waals surface area contributed by atoms with Crippen LogP contribution in [0.5, 0.6) is 5.75 Å². The van der Waals surface area contributed by atoms with Crippen LogP contribution in [0.3, 0.4) is 0 Å². The lowest BCUT2D eigenvalue weighted by Gasteiger charge is -1.94. The summed E-state index contributed by atoms with van der Waals surface area (Å²) in [5.41, 5.74) is 0.674. The highest BCUT2D eigenvalue weighted by Crippen LogP contribution is 2.26. The van der Waals surface area contributed by atoms with E-state index >= 15 is 0 Å². The average Bonchev–Trinajstić information content (AvgIpc) is 2.34. The fraction of sp³-hybridized carbons (Fsp3) is 0. The summed E-state index contributed by atoms with van der Waals surface area (Å²) < 4.78 is 0.851. The number of halogens is 1. The van der Waals surface area contributed by atoms with Crippen LogP contribution in [-0.4, -0.2) is 15.3 Å². The van der Waals surface area contributed by atoms with Crippen LogP contribution in [0, 0.1) is 0 Å². The van der Waals surface area contributed by atoms with Gasteiger partial charge in [-0.25, -0.2) is 0 Å². The minimum atomic E-state index is 0.215. The number of hydrogen-bond donors (Lipinski definition) is 2. The smallest absolute Gasteiger partial charge is 0.142 e. The molecule has 2 aromatic rings. The van der Waals surface area contributed by atoms with Gasteiger partial charge in [0, 0.05) is 9.86 Å². The lowest BCUT2D eigenvalue weighted by atomic mass is 10.2. The molecule has 0 aliphatic carbocycles. The van der Waals surface area contributed by atoms with Gasteiger partial charge in [0.1, 0.15) is 11.3 Å². The van der Waals surface area contributed by atoms with E-state index in [1.807, 2.05) is 6.07 Å². The molecule has 0 atom stereocenters. The summed E-state index contributed by atoms with van der Waals surface area (Å²) in [6.07, 6.45) is 1.67. The van der Waals surface area contributed by atoms with Crippen LogP contribution in [0.25, 0.3) is 10.9 Å². The van der Waals surface area contributed by atoms with E-state index in [0.29, 0.717) is 5.52 Å². The first-order chi connectivity index (χ1) is 5.27. The van der Waals surface area contributed by atoms with Gasteiger partial charge in [0.15, 0.2) is 0 Å². The van der Waals surface area contributed by atoms with Crippen molar-refractivity contribution >= 4 is 26.8 Å². The Morgan fingerprint density at radius 2 is 2.27 bits per heavy atom. The number of aromatic hydroxyl groups is 1. The van der Waals surface area contributed by atoms with Gasteiger partial charge in [-0.15, -0.1) is 0 Å². The molecule has 1 heterocycles. The Balaban J connectivity index is 2.91. The van der Waals surface area contributed by atoms with E-state index in [-0.39, 0.29) is 5.75 Å². The first-order valence-electron chi connectivity index (χ1n) is 3.09. The Hall–Kier alpha value is -1.03. The van der Waals surface area contributed by atoms with Gasteiger partial charge in [0.05, 0.1) is 6.20 Å². The number of phenols is 1. The lowest BCUT2D eigenvalue weighted by molar-refractivity contribution is 0.480. The number of nitrogens with one attached hydrogen (secondary N) is 1. The molecule has 4 heteroatoms. The van der Waals surface area contributed by atoms with Gasteiger partial charge in [-0.3, -0.25) is 5.10 Å². The van der Waals surface area contributed by atoms with E-state index in [0.717, 1.165) is 9.86 Å². The molecule has 0 amide bonds. The van der Waals surface area contributed by atoms with E-state index in [9.17, 15) is 5.11 Å². The Morgan fingerprint density at radius 1 is 1.45 bits per heavy atom. The number of aromatic nitrogens is 2. The standard InChI is InChI=1S/C7H5BrN2O/c8-5-1-4-3-9-10-7(4)6(11)2-5/h1-3,11H,(H,9,10). The van der Waals surface area contributed by atoms with Crippen molar-refractivity contribution in [1.82, 2.24) is 10.2 Å². The molecule has 0 bridgehead atoms. The summed E-state index contributed by atoms with van der Waals surface area (Å²) in [5.74, 6) is 0.215. The van der Waals surface area contributed by atoms with Crippen molar-refractivity contribution in [3.63, 3.8) is 0 Å². The summed E-state index contributed by atoms with van der Waals surface area (Å²) in [4.78, 5) is 0. The van der Waals surface area contributed by atoms with E-state index in [4.69, 9.17) is 0 Å². The number of fused-ring (bicyclic) bond motifs is 1. The molecule has 0 fully saturated rings. The number of rotatable bonds is 0. The van der Waals surface area contributed by atoms with Gasteiger partial charge in [0.25, 0.3) is 0 Å². The zero-order chi connectivity index (χ0) is 7.84. The number of nitrogens with zero attached hydrogens (tertiary/aromatic N) is 1. The summed E-state index contributed by atoms with van der Waals surface area (Å²) in [6, 6.07) is 3.51. The van der Waals surface area contributed by atoms with Crippen LogP contribution in [0.15, 0.2) is 22.8 Å². The molecule has 2 rings (SSSR count). The molecule has 56 valence electrons. The van der Waals surface area contributed by atoms with E-state index in [1.54, 1.807) is 12.3 Å². The second-order valence-electron chi connectivity index (χ2n) is 2.26. The van der Waals surface area contributed by atoms with Gasteiger partial charge < -0.3 is 5.11 Å². The molecule has 0 saturated carbocycles. The van der Waals surface area contributed by atoms with E-state index in [2.05, 4.69) is 26.1 Å². The molecule has 0 unspecified atom stereocenters. The first kappa shape index (κ1) is 6.67. The van der Waals surface area contributed by atoms with Crippen molar-refractivity contribution in [1.29, 1.82) is 0 Å². The Kier molecular flexibility index (Phi) is 1.35. The molecule has 3 nitrogen and oxygen atoms in total. The third-order valence-corrected chi connectivity index (χ3v) is 1.95. The monoisotopic (exact) mass is 212 g/mol. The number of hydrogen-bond acceptors (Lipinski definition) is 2. The highest BCUT2D eigenvalue weighted by Gasteiger charge is 2.01. The number of H-pyrrole nitrogens is 1. The Labute approximate surface area is 71.2 Å². The third kappa shape index (κ3) is 0.991. The van der Waals surface area contributed by atoms with Crippen LogP contribution >= 0.6 is 15.9 Å². The van der Waals surface area contributed by atoms with Gasteiger partial charge in [-0.2, -0.15) is 5.10 Å². The van der Waals surface area contributed by atoms with Gasteiger partial charge in [0.2, 0.25) is 0 Å². The maximum Gasteiger partial charge on any atom is 0.142 e. The van der Waals surface area contributed by atoms with E-state index in [1.165, 1.54) is 0 Å². The summed E-state index contributed by atoms with van der Waals surface area (Å²) in [7, 11) is 0. The highest BCUT2D eigenvalue weighted by atomic mass is 79.9. The van der Waals surface area contributed by atoms with Crippen molar-refractivity contribution in [2.24, 2.45) is 0 Å². The van der Waals surface area contributed by atoms with Crippen molar-refractivity contribution in [2.75, 3.05) is 0 Å². The van der Waals surface area contributed by atoms with Crippen molar-refractivity contribution < 1.29 is 5.11 Å². The zero-order valence-corrected chi connectivity index (χ0v) is 7.09. The fourth-order valence-corrected chi connectivity index (χ4v) is 1.47. The molecule has 0 radical (unpaired) electrons. The second kappa shape index (κ2) is 2.23. The Bertz CT molecular complexity index is 396. The van der Waals surface area contributed by atoms with Crippen LogP contribution < -0.4 is 0 Å². The number of benzene rings is 1. The molecule has 1 aromatic carbocycles. The minimum Gasteiger partial charge on any atom is -0.506 e. The van der Waals surface area contributed by atoms with E-state index < -0.39 is 0 Å². The van der Waals surface area contributed by atoms with Gasteiger partial charge >= 0.3 is 0 Å². The summed E-state index contributed by atoms with van der Waals surface area (Å²) >= 11 is 3.27. The predicted molar refractivity (Wildman–Crippen MR) is 45.5 cm³/mol. The predicted octanol–water partition coefficient (Wildman–Crippen LogP) is 2.03. The molecule has 11 heavy (non-hydrogen) atoms. The average molecular weight is 213 g/mol. The SMILES string of the molecule is Oc1cc(Br)cc2cn[nH]c12.